The van der Waals surface area contributed by atoms with Gasteiger partial charge >= 0.3 is 0 Å². The highest BCUT2D eigenvalue weighted by Crippen LogP contribution is 2.35. The summed E-state index contributed by atoms with van der Waals surface area (Å²) >= 11 is 3.43. The van der Waals surface area contributed by atoms with Crippen LogP contribution < -0.4 is 15.0 Å². The van der Waals surface area contributed by atoms with Crippen LogP contribution >= 0.6 is 15.9 Å². The lowest BCUT2D eigenvalue weighted by molar-refractivity contribution is 0.0953. The minimum Gasteiger partial charge on any atom is -0.495 e. The molecule has 0 amide bonds. The third kappa shape index (κ3) is 4.01. The number of carbonyl (C=O) groups excluding carboxylic acids is 1. The fourth-order valence-corrected chi connectivity index (χ4v) is 3.79. The van der Waals surface area contributed by atoms with Crippen molar-refractivity contribution < 1.29 is 14.3 Å². The molecule has 0 radical (unpaired) electrons. The zero-order chi connectivity index (χ0) is 18.5. The van der Waals surface area contributed by atoms with Crippen LogP contribution in [-0.2, 0) is 0 Å². The maximum atomic E-state index is 13.1. The minimum atomic E-state index is -0.163. The Morgan fingerprint density at radius 1 is 1.12 bits per heavy atom. The number of carbonyl (C=O) groups is 1. The van der Waals surface area contributed by atoms with E-state index in [1.165, 1.54) is 19.3 Å². The number of pyridine rings is 1. The normalized spacial score (nSPS) is 15.7. The number of halogens is 1. The number of nitrogens with zero attached hydrogens (tertiary/aromatic N) is 2. The summed E-state index contributed by atoms with van der Waals surface area (Å²) in [5.41, 5.74) is 1.17. The number of hydrogen-bond donors (Lipinski definition) is 0. The first-order chi connectivity index (χ1) is 12.6. The van der Waals surface area contributed by atoms with Gasteiger partial charge in [-0.05, 0) is 53.0 Å². The average Bonchev–Trinajstić information content (AvgIpc) is 2.69. The van der Waals surface area contributed by atoms with Crippen LogP contribution in [0.1, 0.15) is 42.5 Å². The van der Waals surface area contributed by atoms with Gasteiger partial charge in [-0.15, -0.1) is 0 Å². The predicted octanol–water partition coefficient (Wildman–Crippen LogP) is 4.19. The van der Waals surface area contributed by atoms with Gasteiger partial charge in [0, 0.05) is 11.8 Å². The van der Waals surface area contributed by atoms with E-state index >= 15 is 0 Å². The standard InChI is InChI=1S/C20H23BrN2O3/c1-25-16-12-14(13-17(26-2)19(16)21)20(24)23-11-7-6-10-18(23)22-15-8-4-3-5-9-15/h6-7,10-13,15H,3-5,8-9H2,1-2H3. The van der Waals surface area contributed by atoms with Gasteiger partial charge in [0.15, 0.2) is 0 Å². The molecule has 138 valence electrons. The van der Waals surface area contributed by atoms with Crippen molar-refractivity contribution >= 4 is 21.8 Å². The van der Waals surface area contributed by atoms with Gasteiger partial charge in [0.2, 0.25) is 0 Å². The molecule has 2 aromatic rings. The highest BCUT2D eigenvalue weighted by atomic mass is 79.9. The maximum Gasteiger partial charge on any atom is 0.263 e. The van der Waals surface area contributed by atoms with E-state index in [9.17, 15) is 4.79 Å². The van der Waals surface area contributed by atoms with Gasteiger partial charge in [-0.3, -0.25) is 14.4 Å². The van der Waals surface area contributed by atoms with Crippen LogP contribution in [0.25, 0.3) is 0 Å². The number of hydrogen-bond acceptors (Lipinski definition) is 4. The van der Waals surface area contributed by atoms with Crippen LogP contribution in [0.5, 0.6) is 11.5 Å². The van der Waals surface area contributed by atoms with E-state index < -0.39 is 0 Å². The van der Waals surface area contributed by atoms with E-state index in [2.05, 4.69) is 15.9 Å². The number of methoxy groups -OCH3 is 2. The van der Waals surface area contributed by atoms with Crippen LogP contribution in [0.4, 0.5) is 0 Å². The monoisotopic (exact) mass is 418 g/mol. The zero-order valence-electron chi connectivity index (χ0n) is 15.1. The molecule has 5 nitrogen and oxygen atoms in total. The largest absolute Gasteiger partial charge is 0.495 e. The molecule has 0 N–H and O–H groups in total. The smallest absolute Gasteiger partial charge is 0.263 e. The second-order valence-electron chi connectivity index (χ2n) is 6.35. The molecule has 3 rings (SSSR count). The molecule has 0 spiro atoms. The first-order valence-corrected chi connectivity index (χ1v) is 9.61. The average molecular weight is 419 g/mol. The Morgan fingerprint density at radius 3 is 2.38 bits per heavy atom. The summed E-state index contributed by atoms with van der Waals surface area (Å²) in [6.07, 6.45) is 7.61. The molecule has 1 fully saturated rings. The van der Waals surface area contributed by atoms with Crippen LogP contribution in [0.3, 0.4) is 0 Å². The molecule has 6 heteroatoms. The second kappa shape index (κ2) is 8.54. The van der Waals surface area contributed by atoms with Gasteiger partial charge in [0.25, 0.3) is 5.91 Å². The molecule has 1 aromatic carbocycles. The number of aromatic nitrogens is 1. The van der Waals surface area contributed by atoms with Crippen molar-refractivity contribution in [3.63, 3.8) is 0 Å². The van der Waals surface area contributed by atoms with Crippen molar-refractivity contribution in [2.24, 2.45) is 4.99 Å². The lowest BCUT2D eigenvalue weighted by Gasteiger charge is -2.18. The fourth-order valence-electron chi connectivity index (χ4n) is 3.24. The van der Waals surface area contributed by atoms with Crippen LogP contribution in [0.15, 0.2) is 46.0 Å². The molecule has 0 unspecified atom stereocenters. The highest BCUT2D eigenvalue weighted by molar-refractivity contribution is 9.10. The van der Waals surface area contributed by atoms with Crippen LogP contribution in [-0.4, -0.2) is 30.7 Å². The third-order valence-electron chi connectivity index (χ3n) is 4.64. The molecule has 1 heterocycles. The Bertz CT molecular complexity index is 829. The lowest BCUT2D eigenvalue weighted by Crippen LogP contribution is -2.29. The molecule has 0 bridgehead atoms. The Hall–Kier alpha value is -2.08. The van der Waals surface area contributed by atoms with E-state index in [1.54, 1.807) is 37.1 Å². The van der Waals surface area contributed by atoms with Crippen molar-refractivity contribution in [2.75, 3.05) is 14.2 Å². The zero-order valence-corrected chi connectivity index (χ0v) is 16.7. The fraction of sp³-hybridized carbons (Fsp3) is 0.400. The van der Waals surface area contributed by atoms with E-state index in [-0.39, 0.29) is 5.91 Å². The second-order valence-corrected chi connectivity index (χ2v) is 7.14. The molecule has 1 aromatic heterocycles. The quantitative estimate of drug-likeness (QED) is 0.747. The first kappa shape index (κ1) is 18.7. The number of benzene rings is 1. The Kier molecular flexibility index (Phi) is 6.14. The molecule has 0 aliphatic heterocycles. The van der Waals surface area contributed by atoms with Gasteiger partial charge in [-0.1, -0.05) is 25.3 Å². The molecule has 1 saturated carbocycles. The minimum absolute atomic E-state index is 0.163. The summed E-state index contributed by atoms with van der Waals surface area (Å²) in [6, 6.07) is 9.34. The van der Waals surface area contributed by atoms with E-state index in [4.69, 9.17) is 14.5 Å². The van der Waals surface area contributed by atoms with Crippen molar-refractivity contribution in [3.05, 3.63) is 52.1 Å². The summed E-state index contributed by atoms with van der Waals surface area (Å²) in [5, 5.41) is 0. The summed E-state index contributed by atoms with van der Waals surface area (Å²) in [4.78, 5) is 18.0. The van der Waals surface area contributed by atoms with Crippen LogP contribution in [0, 0.1) is 0 Å². The summed E-state index contributed by atoms with van der Waals surface area (Å²) < 4.78 is 13.0. The molecule has 26 heavy (non-hydrogen) atoms. The highest BCUT2D eigenvalue weighted by Gasteiger charge is 2.17. The predicted molar refractivity (Wildman–Crippen MR) is 104 cm³/mol. The van der Waals surface area contributed by atoms with Gasteiger partial charge in [-0.2, -0.15) is 0 Å². The Balaban J connectivity index is 2.02. The topological polar surface area (TPSA) is 52.8 Å². The van der Waals surface area contributed by atoms with Crippen molar-refractivity contribution in [3.8, 4) is 11.5 Å². The lowest BCUT2D eigenvalue weighted by atomic mass is 9.96. The Labute approximate surface area is 161 Å². The summed E-state index contributed by atoms with van der Waals surface area (Å²) in [7, 11) is 3.13. The molecule has 1 aliphatic carbocycles. The van der Waals surface area contributed by atoms with Crippen molar-refractivity contribution in [1.29, 1.82) is 0 Å². The Morgan fingerprint density at radius 2 is 1.77 bits per heavy atom. The molecular formula is C20H23BrN2O3. The van der Waals surface area contributed by atoms with Crippen molar-refractivity contribution in [1.82, 2.24) is 4.57 Å². The molecular weight excluding hydrogens is 396 g/mol. The summed E-state index contributed by atoms with van der Waals surface area (Å²) in [5.74, 6) is 0.939. The van der Waals surface area contributed by atoms with Gasteiger partial charge in [0.1, 0.15) is 21.5 Å². The van der Waals surface area contributed by atoms with Crippen molar-refractivity contribution in [2.45, 2.75) is 38.1 Å². The molecule has 0 saturated heterocycles. The van der Waals surface area contributed by atoms with E-state index in [1.807, 2.05) is 18.2 Å². The van der Waals surface area contributed by atoms with Gasteiger partial charge < -0.3 is 9.47 Å². The summed E-state index contributed by atoms with van der Waals surface area (Å²) in [6.45, 7) is 0. The number of rotatable bonds is 4. The maximum absolute atomic E-state index is 13.1. The molecule has 1 aliphatic rings. The van der Waals surface area contributed by atoms with Crippen LogP contribution in [0.2, 0.25) is 0 Å². The first-order valence-electron chi connectivity index (χ1n) is 8.81. The van der Waals surface area contributed by atoms with E-state index in [0.29, 0.717) is 33.1 Å². The molecule has 0 atom stereocenters. The van der Waals surface area contributed by atoms with E-state index in [0.717, 1.165) is 12.8 Å². The van der Waals surface area contributed by atoms with Gasteiger partial charge in [-0.25, -0.2) is 0 Å². The third-order valence-corrected chi connectivity index (χ3v) is 5.42. The van der Waals surface area contributed by atoms with Gasteiger partial charge in [0.05, 0.1) is 20.3 Å². The SMILES string of the molecule is COc1cc(C(=O)n2ccccc2=NC2CCCCC2)cc(OC)c1Br. The number of ether oxygens (including phenoxy) is 2.